The highest BCUT2D eigenvalue weighted by atomic mass is 16.6. The van der Waals surface area contributed by atoms with Crippen molar-refractivity contribution in [2.45, 2.75) is 52.6 Å². The van der Waals surface area contributed by atoms with Crippen molar-refractivity contribution < 1.29 is 14.8 Å². The SMILES string of the molecule is CCN(CC(C)(C)O)C(=O)c1ccc(C(C)(C)C)c([N+](=O)[O-])c1. The Hall–Kier alpha value is -1.95. The molecule has 1 aromatic carbocycles. The molecule has 6 heteroatoms. The third-order valence-electron chi connectivity index (χ3n) is 3.50. The van der Waals surface area contributed by atoms with Crippen LogP contribution < -0.4 is 0 Å². The van der Waals surface area contributed by atoms with Crippen LogP contribution in [0, 0.1) is 10.1 Å². The second-order valence-corrected chi connectivity index (χ2v) is 7.37. The molecule has 0 unspecified atom stereocenters. The summed E-state index contributed by atoms with van der Waals surface area (Å²) in [6.45, 7) is 11.3. The lowest BCUT2D eigenvalue weighted by molar-refractivity contribution is -0.386. The van der Waals surface area contributed by atoms with Gasteiger partial charge in [0, 0.05) is 30.3 Å². The lowest BCUT2D eigenvalue weighted by Gasteiger charge is -2.28. The number of carbonyl (C=O) groups excluding carboxylic acids is 1. The summed E-state index contributed by atoms with van der Waals surface area (Å²) >= 11 is 0. The molecule has 0 saturated heterocycles. The monoisotopic (exact) mass is 322 g/mol. The van der Waals surface area contributed by atoms with Crippen molar-refractivity contribution in [3.05, 3.63) is 39.4 Å². The van der Waals surface area contributed by atoms with E-state index in [1.165, 1.54) is 11.0 Å². The maximum Gasteiger partial charge on any atom is 0.273 e. The third-order valence-corrected chi connectivity index (χ3v) is 3.50. The second kappa shape index (κ2) is 6.66. The number of benzene rings is 1. The standard InChI is InChI=1S/C17H26N2O4/c1-7-18(11-17(5,6)21)15(20)12-8-9-13(16(2,3)4)14(10-12)19(22)23/h8-10,21H,7,11H2,1-6H3. The summed E-state index contributed by atoms with van der Waals surface area (Å²) in [5.41, 5.74) is -0.618. The van der Waals surface area contributed by atoms with Crippen molar-refractivity contribution in [1.82, 2.24) is 4.90 Å². The Kier molecular flexibility index (Phi) is 5.53. The molecule has 0 aliphatic heterocycles. The molecule has 1 rings (SSSR count). The van der Waals surface area contributed by atoms with E-state index >= 15 is 0 Å². The number of hydrogen-bond acceptors (Lipinski definition) is 4. The zero-order valence-corrected chi connectivity index (χ0v) is 14.7. The molecule has 6 nitrogen and oxygen atoms in total. The molecule has 23 heavy (non-hydrogen) atoms. The molecule has 0 aliphatic rings. The van der Waals surface area contributed by atoms with Crippen LogP contribution in [-0.4, -0.2) is 39.5 Å². The van der Waals surface area contributed by atoms with E-state index < -0.39 is 10.5 Å². The van der Waals surface area contributed by atoms with Gasteiger partial charge in [0.25, 0.3) is 11.6 Å². The van der Waals surface area contributed by atoms with E-state index in [0.717, 1.165) is 0 Å². The predicted octanol–water partition coefficient (Wildman–Crippen LogP) is 3.13. The van der Waals surface area contributed by atoms with Crippen LogP contribution in [0.15, 0.2) is 18.2 Å². The molecule has 0 fully saturated rings. The molecule has 0 spiro atoms. The molecular weight excluding hydrogens is 296 g/mol. The maximum atomic E-state index is 12.6. The highest BCUT2D eigenvalue weighted by Gasteiger charge is 2.28. The number of rotatable bonds is 5. The molecule has 0 heterocycles. The van der Waals surface area contributed by atoms with Crippen LogP contribution in [0.5, 0.6) is 0 Å². The van der Waals surface area contributed by atoms with Crippen LogP contribution in [0.2, 0.25) is 0 Å². The summed E-state index contributed by atoms with van der Waals surface area (Å²) in [6, 6.07) is 4.59. The summed E-state index contributed by atoms with van der Waals surface area (Å²) in [5.74, 6) is -0.321. The molecule has 0 aliphatic carbocycles. The van der Waals surface area contributed by atoms with E-state index in [1.807, 2.05) is 27.7 Å². The molecule has 1 aromatic rings. The highest BCUT2D eigenvalue weighted by Crippen LogP contribution is 2.32. The summed E-state index contributed by atoms with van der Waals surface area (Å²) in [5, 5.41) is 21.3. The molecule has 1 amide bonds. The largest absolute Gasteiger partial charge is 0.389 e. The molecule has 0 saturated carbocycles. The van der Waals surface area contributed by atoms with Crippen LogP contribution in [0.3, 0.4) is 0 Å². The molecule has 0 bridgehead atoms. The fraction of sp³-hybridized carbons (Fsp3) is 0.588. The zero-order valence-electron chi connectivity index (χ0n) is 14.7. The topological polar surface area (TPSA) is 83.7 Å². The van der Waals surface area contributed by atoms with Crippen LogP contribution in [0.1, 0.15) is 57.5 Å². The number of likely N-dealkylation sites (N-methyl/N-ethyl adjacent to an activating group) is 1. The number of carbonyl (C=O) groups is 1. The van der Waals surface area contributed by atoms with Crippen molar-refractivity contribution in [3.8, 4) is 0 Å². The minimum absolute atomic E-state index is 0.0531. The average molecular weight is 322 g/mol. The Balaban J connectivity index is 3.26. The van der Waals surface area contributed by atoms with Gasteiger partial charge in [-0.25, -0.2) is 0 Å². The van der Waals surface area contributed by atoms with Gasteiger partial charge >= 0.3 is 0 Å². The van der Waals surface area contributed by atoms with Crippen LogP contribution in [0.25, 0.3) is 0 Å². The average Bonchev–Trinajstić information content (AvgIpc) is 2.41. The first kappa shape index (κ1) is 19.1. The van der Waals surface area contributed by atoms with Gasteiger partial charge in [-0.05, 0) is 32.3 Å². The third kappa shape index (κ3) is 5.03. The van der Waals surface area contributed by atoms with E-state index in [9.17, 15) is 20.0 Å². The van der Waals surface area contributed by atoms with Gasteiger partial charge in [-0.3, -0.25) is 14.9 Å². The highest BCUT2D eigenvalue weighted by molar-refractivity contribution is 5.95. The Bertz CT molecular complexity index is 598. The first-order chi connectivity index (χ1) is 10.4. The van der Waals surface area contributed by atoms with Gasteiger partial charge in [0.1, 0.15) is 0 Å². The molecule has 0 atom stereocenters. The van der Waals surface area contributed by atoms with Gasteiger partial charge in [0.2, 0.25) is 0 Å². The van der Waals surface area contributed by atoms with E-state index in [0.29, 0.717) is 12.1 Å². The van der Waals surface area contributed by atoms with Gasteiger partial charge in [-0.2, -0.15) is 0 Å². The van der Waals surface area contributed by atoms with Crippen LogP contribution in [0.4, 0.5) is 5.69 Å². The minimum atomic E-state index is -1.02. The number of hydrogen-bond donors (Lipinski definition) is 1. The quantitative estimate of drug-likeness (QED) is 0.667. The molecular formula is C17H26N2O4. The van der Waals surface area contributed by atoms with Crippen LogP contribution >= 0.6 is 0 Å². The summed E-state index contributed by atoms with van der Waals surface area (Å²) in [6.07, 6.45) is 0. The van der Waals surface area contributed by atoms with Gasteiger partial charge in [-0.15, -0.1) is 0 Å². The smallest absolute Gasteiger partial charge is 0.273 e. The van der Waals surface area contributed by atoms with Crippen molar-refractivity contribution in [2.24, 2.45) is 0 Å². The second-order valence-electron chi connectivity index (χ2n) is 7.37. The molecule has 1 N–H and O–H groups in total. The predicted molar refractivity (Wildman–Crippen MR) is 89.7 cm³/mol. The van der Waals surface area contributed by atoms with E-state index in [1.54, 1.807) is 26.0 Å². The summed E-state index contributed by atoms with van der Waals surface area (Å²) < 4.78 is 0. The van der Waals surface area contributed by atoms with Crippen LogP contribution in [-0.2, 0) is 5.41 Å². The lowest BCUT2D eigenvalue weighted by Crippen LogP contribution is -2.42. The van der Waals surface area contributed by atoms with Crippen molar-refractivity contribution >= 4 is 11.6 Å². The fourth-order valence-corrected chi connectivity index (χ4v) is 2.43. The molecule has 0 radical (unpaired) electrons. The Morgan fingerprint density at radius 1 is 1.26 bits per heavy atom. The number of nitro benzene ring substituents is 1. The molecule has 128 valence electrons. The first-order valence-corrected chi connectivity index (χ1v) is 7.67. The summed E-state index contributed by atoms with van der Waals surface area (Å²) in [4.78, 5) is 25.0. The normalized spacial score (nSPS) is 12.1. The zero-order chi connectivity index (χ0) is 18.0. The minimum Gasteiger partial charge on any atom is -0.389 e. The number of nitrogens with zero attached hydrogens (tertiary/aromatic N) is 2. The summed E-state index contributed by atoms with van der Waals surface area (Å²) in [7, 11) is 0. The number of aliphatic hydroxyl groups is 1. The molecule has 0 aromatic heterocycles. The van der Waals surface area contributed by atoms with Crippen molar-refractivity contribution in [1.29, 1.82) is 0 Å². The van der Waals surface area contributed by atoms with Gasteiger partial charge in [-0.1, -0.05) is 26.8 Å². The Morgan fingerprint density at radius 2 is 1.83 bits per heavy atom. The first-order valence-electron chi connectivity index (χ1n) is 7.67. The van der Waals surface area contributed by atoms with Gasteiger partial charge in [0.05, 0.1) is 10.5 Å². The van der Waals surface area contributed by atoms with Crippen molar-refractivity contribution in [2.75, 3.05) is 13.1 Å². The van der Waals surface area contributed by atoms with Gasteiger partial charge in [0.15, 0.2) is 0 Å². The maximum absolute atomic E-state index is 12.6. The van der Waals surface area contributed by atoms with Gasteiger partial charge < -0.3 is 10.0 Å². The van der Waals surface area contributed by atoms with E-state index in [2.05, 4.69) is 0 Å². The number of nitro groups is 1. The number of amides is 1. The van der Waals surface area contributed by atoms with E-state index in [4.69, 9.17) is 0 Å². The van der Waals surface area contributed by atoms with Crippen molar-refractivity contribution in [3.63, 3.8) is 0 Å². The van der Waals surface area contributed by atoms with E-state index in [-0.39, 0.29) is 29.1 Å². The fourth-order valence-electron chi connectivity index (χ4n) is 2.43. The lowest BCUT2D eigenvalue weighted by atomic mass is 9.85. The Morgan fingerprint density at radius 3 is 2.22 bits per heavy atom. The Labute approximate surface area is 137 Å².